The first-order chi connectivity index (χ1) is 12.7. The third kappa shape index (κ3) is 5.99. The normalized spacial score (nSPS) is 11.1. The molecule has 0 aliphatic carbocycles. The Kier molecular flexibility index (Phi) is 6.85. The number of aryl methyl sites for hydroxylation is 2. The summed E-state index contributed by atoms with van der Waals surface area (Å²) < 4.78 is 31.1. The number of anilines is 1. The van der Waals surface area contributed by atoms with Crippen LogP contribution in [0.15, 0.2) is 42.5 Å². The van der Waals surface area contributed by atoms with Crippen LogP contribution in [0.2, 0.25) is 0 Å². The molecule has 7 heteroatoms. The summed E-state index contributed by atoms with van der Waals surface area (Å²) in [6.07, 6.45) is 1.40. The van der Waals surface area contributed by atoms with Gasteiger partial charge in [0, 0.05) is 6.54 Å². The molecule has 0 saturated carbocycles. The molecule has 0 unspecified atom stereocenters. The first-order valence-electron chi connectivity index (χ1n) is 8.65. The quantitative estimate of drug-likeness (QED) is 0.751. The first-order valence-corrected chi connectivity index (χ1v) is 10.5. The predicted molar refractivity (Wildman–Crippen MR) is 108 cm³/mol. The van der Waals surface area contributed by atoms with Crippen molar-refractivity contribution in [1.82, 2.24) is 5.32 Å². The van der Waals surface area contributed by atoms with Crippen LogP contribution in [-0.4, -0.2) is 40.8 Å². The van der Waals surface area contributed by atoms with Gasteiger partial charge in [0.2, 0.25) is 15.9 Å². The van der Waals surface area contributed by atoms with Gasteiger partial charge in [-0.1, -0.05) is 35.9 Å². The number of hydrogen-bond donors (Lipinski definition) is 1. The number of nitrogens with one attached hydrogen (secondary N) is 1. The summed E-state index contributed by atoms with van der Waals surface area (Å²) >= 11 is 0. The molecule has 0 heterocycles. The number of sulfonamides is 1. The molecule has 1 N–H and O–H groups in total. The molecule has 0 radical (unpaired) electrons. The van der Waals surface area contributed by atoms with Crippen molar-refractivity contribution in [3.05, 3.63) is 59.2 Å². The molecule has 6 nitrogen and oxygen atoms in total. The van der Waals surface area contributed by atoms with Gasteiger partial charge < -0.3 is 10.1 Å². The molecule has 146 valence electrons. The van der Waals surface area contributed by atoms with Crippen molar-refractivity contribution >= 4 is 21.6 Å². The van der Waals surface area contributed by atoms with Gasteiger partial charge in [-0.2, -0.15) is 0 Å². The molecule has 27 heavy (non-hydrogen) atoms. The number of nitrogens with zero attached hydrogens (tertiary/aromatic N) is 1. The van der Waals surface area contributed by atoms with Gasteiger partial charge in [0.15, 0.2) is 0 Å². The lowest BCUT2D eigenvalue weighted by molar-refractivity contribution is -0.120. The van der Waals surface area contributed by atoms with E-state index in [1.54, 1.807) is 12.1 Å². The van der Waals surface area contributed by atoms with Crippen molar-refractivity contribution in [1.29, 1.82) is 0 Å². The number of benzene rings is 2. The highest BCUT2D eigenvalue weighted by molar-refractivity contribution is 7.92. The minimum absolute atomic E-state index is 0.123. The van der Waals surface area contributed by atoms with Gasteiger partial charge in [0.1, 0.15) is 5.75 Å². The summed E-state index contributed by atoms with van der Waals surface area (Å²) in [6.45, 7) is 4.18. The van der Waals surface area contributed by atoms with E-state index in [1.807, 2.05) is 44.2 Å². The fraction of sp³-hybridized carbons (Fsp3) is 0.350. The maximum absolute atomic E-state index is 12.3. The monoisotopic (exact) mass is 390 g/mol. The zero-order chi connectivity index (χ0) is 20.0. The maximum Gasteiger partial charge on any atom is 0.232 e. The Morgan fingerprint density at radius 1 is 1.11 bits per heavy atom. The smallest absolute Gasteiger partial charge is 0.232 e. The molecule has 0 fully saturated rings. The van der Waals surface area contributed by atoms with Gasteiger partial charge in [0.05, 0.1) is 32.0 Å². The molecule has 2 rings (SSSR count). The average Bonchev–Trinajstić information content (AvgIpc) is 2.57. The SMILES string of the molecule is COc1ccc(C)cc1N(CCNC(=O)Cc1cccc(C)c1)S(C)(=O)=O. The predicted octanol–water partition coefficient (Wildman–Crippen LogP) is 2.44. The number of methoxy groups -OCH3 is 1. The van der Waals surface area contributed by atoms with E-state index in [9.17, 15) is 13.2 Å². The van der Waals surface area contributed by atoms with Crippen molar-refractivity contribution < 1.29 is 17.9 Å². The Labute approximate surface area is 161 Å². The highest BCUT2D eigenvalue weighted by Gasteiger charge is 2.21. The lowest BCUT2D eigenvalue weighted by Gasteiger charge is -2.24. The first kappa shape index (κ1) is 20.8. The highest BCUT2D eigenvalue weighted by atomic mass is 32.2. The number of rotatable bonds is 8. The summed E-state index contributed by atoms with van der Waals surface area (Å²) in [7, 11) is -2.03. The fourth-order valence-corrected chi connectivity index (χ4v) is 3.75. The van der Waals surface area contributed by atoms with Crippen LogP contribution < -0.4 is 14.4 Å². The van der Waals surface area contributed by atoms with Crippen LogP contribution in [0, 0.1) is 13.8 Å². The van der Waals surface area contributed by atoms with E-state index in [0.717, 1.165) is 22.9 Å². The minimum atomic E-state index is -3.53. The van der Waals surface area contributed by atoms with Crippen molar-refractivity contribution in [2.45, 2.75) is 20.3 Å². The van der Waals surface area contributed by atoms with E-state index in [0.29, 0.717) is 11.4 Å². The van der Waals surface area contributed by atoms with Gasteiger partial charge in [-0.3, -0.25) is 9.10 Å². The molecule has 0 bridgehead atoms. The third-order valence-corrected chi connectivity index (χ3v) is 5.27. The van der Waals surface area contributed by atoms with Gasteiger partial charge in [-0.05, 0) is 37.1 Å². The Balaban J connectivity index is 2.06. The largest absolute Gasteiger partial charge is 0.495 e. The van der Waals surface area contributed by atoms with E-state index in [4.69, 9.17) is 4.74 Å². The van der Waals surface area contributed by atoms with E-state index >= 15 is 0 Å². The van der Waals surface area contributed by atoms with Crippen LogP contribution in [-0.2, 0) is 21.2 Å². The summed E-state index contributed by atoms with van der Waals surface area (Å²) in [5.74, 6) is 0.322. The van der Waals surface area contributed by atoms with Gasteiger partial charge >= 0.3 is 0 Å². The maximum atomic E-state index is 12.3. The number of ether oxygens (including phenoxy) is 1. The van der Waals surface area contributed by atoms with Crippen molar-refractivity contribution in [3.8, 4) is 5.75 Å². The second kappa shape index (κ2) is 8.90. The standard InChI is InChI=1S/C20H26N2O4S/c1-15-6-5-7-17(12-15)14-20(23)21-10-11-22(27(4,24)25)18-13-16(2)8-9-19(18)26-3/h5-9,12-13H,10-11,14H2,1-4H3,(H,21,23). The van der Waals surface area contributed by atoms with E-state index in [2.05, 4.69) is 5.32 Å². The molecular formula is C20H26N2O4S. The third-order valence-electron chi connectivity index (χ3n) is 4.09. The van der Waals surface area contributed by atoms with Crippen molar-refractivity contribution in [2.75, 3.05) is 30.8 Å². The summed E-state index contributed by atoms with van der Waals surface area (Å²) in [6, 6.07) is 13.1. The Morgan fingerprint density at radius 2 is 1.81 bits per heavy atom. The fourth-order valence-electron chi connectivity index (χ4n) is 2.83. The van der Waals surface area contributed by atoms with Crippen LogP contribution in [0.5, 0.6) is 5.75 Å². The molecule has 2 aromatic rings. The van der Waals surface area contributed by atoms with Crippen molar-refractivity contribution in [3.63, 3.8) is 0 Å². The number of amides is 1. The minimum Gasteiger partial charge on any atom is -0.495 e. The summed E-state index contributed by atoms with van der Waals surface area (Å²) in [5, 5.41) is 2.79. The number of carbonyl (C=O) groups is 1. The van der Waals surface area contributed by atoms with Crippen LogP contribution >= 0.6 is 0 Å². The Hall–Kier alpha value is -2.54. The average molecular weight is 391 g/mol. The van der Waals surface area contributed by atoms with Crippen LogP contribution in [0.3, 0.4) is 0 Å². The zero-order valence-electron chi connectivity index (χ0n) is 16.2. The lowest BCUT2D eigenvalue weighted by atomic mass is 10.1. The number of carbonyl (C=O) groups excluding carboxylic acids is 1. The van der Waals surface area contributed by atoms with Crippen molar-refractivity contribution in [2.24, 2.45) is 0 Å². The van der Waals surface area contributed by atoms with Gasteiger partial charge in [-0.15, -0.1) is 0 Å². The molecule has 1 amide bonds. The Bertz CT molecular complexity index is 910. The summed E-state index contributed by atoms with van der Waals surface area (Å²) in [5.41, 5.74) is 3.40. The van der Waals surface area contributed by atoms with Crippen LogP contribution in [0.25, 0.3) is 0 Å². The molecule has 0 aliphatic heterocycles. The topological polar surface area (TPSA) is 75.7 Å². The molecule has 0 spiro atoms. The molecular weight excluding hydrogens is 364 g/mol. The van der Waals surface area contributed by atoms with E-state index < -0.39 is 10.0 Å². The van der Waals surface area contributed by atoms with Gasteiger partial charge in [0.25, 0.3) is 0 Å². The molecule has 0 aliphatic rings. The molecule has 0 atom stereocenters. The lowest BCUT2D eigenvalue weighted by Crippen LogP contribution is -2.38. The second-order valence-electron chi connectivity index (χ2n) is 6.53. The van der Waals surface area contributed by atoms with E-state index in [1.165, 1.54) is 11.4 Å². The van der Waals surface area contributed by atoms with E-state index in [-0.39, 0.29) is 25.4 Å². The molecule has 2 aromatic carbocycles. The van der Waals surface area contributed by atoms with Gasteiger partial charge in [-0.25, -0.2) is 8.42 Å². The van der Waals surface area contributed by atoms with Crippen LogP contribution in [0.4, 0.5) is 5.69 Å². The zero-order valence-corrected chi connectivity index (χ0v) is 17.0. The second-order valence-corrected chi connectivity index (χ2v) is 8.43. The Morgan fingerprint density at radius 3 is 2.44 bits per heavy atom. The molecule has 0 saturated heterocycles. The number of hydrogen-bond acceptors (Lipinski definition) is 4. The highest BCUT2D eigenvalue weighted by Crippen LogP contribution is 2.30. The molecule has 0 aromatic heterocycles. The van der Waals surface area contributed by atoms with Crippen LogP contribution in [0.1, 0.15) is 16.7 Å². The summed E-state index contributed by atoms with van der Waals surface area (Å²) in [4.78, 5) is 12.2.